The van der Waals surface area contributed by atoms with Crippen LogP contribution >= 0.6 is 0 Å². The molecular weight excluding hydrogens is 290 g/mol. The van der Waals surface area contributed by atoms with Gasteiger partial charge in [-0.1, -0.05) is 18.9 Å². The van der Waals surface area contributed by atoms with Crippen LogP contribution in [0.5, 0.6) is 0 Å². The SMILES string of the molecule is CCOC(=O)C(F)(F)C1CCCCCN1c1ccc(C)cn1. The van der Waals surface area contributed by atoms with Crippen LogP contribution in [-0.2, 0) is 9.53 Å². The first-order chi connectivity index (χ1) is 10.5. The Bertz CT molecular complexity index is 505. The van der Waals surface area contributed by atoms with Gasteiger partial charge in [0.05, 0.1) is 6.61 Å². The number of anilines is 1. The highest BCUT2D eigenvalue weighted by atomic mass is 19.3. The molecule has 2 heterocycles. The van der Waals surface area contributed by atoms with E-state index in [1.54, 1.807) is 17.2 Å². The van der Waals surface area contributed by atoms with Crippen molar-refractivity contribution in [2.75, 3.05) is 18.1 Å². The van der Waals surface area contributed by atoms with Gasteiger partial charge in [-0.05, 0) is 38.3 Å². The summed E-state index contributed by atoms with van der Waals surface area (Å²) in [6.45, 7) is 3.84. The van der Waals surface area contributed by atoms with Crippen molar-refractivity contribution in [1.29, 1.82) is 0 Å². The fourth-order valence-corrected chi connectivity index (χ4v) is 2.75. The van der Waals surface area contributed by atoms with Crippen molar-refractivity contribution in [1.82, 2.24) is 4.98 Å². The van der Waals surface area contributed by atoms with E-state index in [9.17, 15) is 13.6 Å². The minimum Gasteiger partial charge on any atom is -0.461 e. The van der Waals surface area contributed by atoms with E-state index in [1.807, 2.05) is 13.0 Å². The topological polar surface area (TPSA) is 42.4 Å². The van der Waals surface area contributed by atoms with Gasteiger partial charge in [0, 0.05) is 12.7 Å². The summed E-state index contributed by atoms with van der Waals surface area (Å²) >= 11 is 0. The smallest absolute Gasteiger partial charge is 0.379 e. The molecule has 0 bridgehead atoms. The number of aromatic nitrogens is 1. The molecule has 4 nitrogen and oxygen atoms in total. The number of pyridine rings is 1. The quantitative estimate of drug-likeness (QED) is 0.800. The standard InChI is InChI=1S/C16H22F2N2O2/c1-3-22-15(21)16(17,18)13-7-5-4-6-10-20(13)14-9-8-12(2)11-19-14/h8-9,11,13H,3-7,10H2,1-2H3. The van der Waals surface area contributed by atoms with E-state index in [0.717, 1.165) is 18.4 Å². The average Bonchev–Trinajstić information content (AvgIpc) is 2.74. The Labute approximate surface area is 129 Å². The summed E-state index contributed by atoms with van der Waals surface area (Å²) in [6, 6.07) is 2.37. The van der Waals surface area contributed by atoms with Crippen molar-refractivity contribution in [3.63, 3.8) is 0 Å². The average molecular weight is 312 g/mol. The summed E-state index contributed by atoms with van der Waals surface area (Å²) in [5.41, 5.74) is 0.965. The van der Waals surface area contributed by atoms with E-state index >= 15 is 0 Å². The number of rotatable bonds is 4. The van der Waals surface area contributed by atoms with Crippen LogP contribution in [-0.4, -0.2) is 36.1 Å². The fourth-order valence-electron chi connectivity index (χ4n) is 2.75. The van der Waals surface area contributed by atoms with E-state index in [-0.39, 0.29) is 13.0 Å². The lowest BCUT2D eigenvalue weighted by Crippen LogP contribution is -2.53. The van der Waals surface area contributed by atoms with Gasteiger partial charge in [-0.2, -0.15) is 8.78 Å². The van der Waals surface area contributed by atoms with Gasteiger partial charge in [0.1, 0.15) is 11.9 Å². The molecule has 122 valence electrons. The number of halogens is 2. The van der Waals surface area contributed by atoms with Crippen LogP contribution in [0.1, 0.15) is 38.2 Å². The number of alkyl halides is 2. The van der Waals surface area contributed by atoms with Crippen LogP contribution in [0.2, 0.25) is 0 Å². The molecule has 0 amide bonds. The summed E-state index contributed by atoms with van der Waals surface area (Å²) < 4.78 is 33.7. The van der Waals surface area contributed by atoms with Gasteiger partial charge in [-0.15, -0.1) is 0 Å². The van der Waals surface area contributed by atoms with Crippen molar-refractivity contribution in [2.24, 2.45) is 0 Å². The molecule has 0 radical (unpaired) electrons. The van der Waals surface area contributed by atoms with Crippen molar-refractivity contribution >= 4 is 11.8 Å². The van der Waals surface area contributed by atoms with Crippen molar-refractivity contribution in [3.8, 4) is 0 Å². The summed E-state index contributed by atoms with van der Waals surface area (Å²) in [6.07, 6.45) is 4.26. The zero-order chi connectivity index (χ0) is 16.2. The summed E-state index contributed by atoms with van der Waals surface area (Å²) in [5.74, 6) is -4.49. The lowest BCUT2D eigenvalue weighted by atomic mass is 10.0. The minimum absolute atomic E-state index is 0.0517. The Balaban J connectivity index is 2.31. The number of aryl methyl sites for hydroxylation is 1. The van der Waals surface area contributed by atoms with E-state index in [1.165, 1.54) is 6.92 Å². The van der Waals surface area contributed by atoms with Gasteiger partial charge in [0.25, 0.3) is 0 Å². The molecule has 22 heavy (non-hydrogen) atoms. The van der Waals surface area contributed by atoms with Crippen molar-refractivity contribution in [2.45, 2.75) is 51.5 Å². The maximum atomic E-state index is 14.5. The van der Waals surface area contributed by atoms with Crippen LogP contribution in [0.25, 0.3) is 0 Å². The molecule has 1 unspecified atom stereocenters. The molecule has 0 saturated carbocycles. The second-order valence-corrected chi connectivity index (χ2v) is 5.60. The van der Waals surface area contributed by atoms with Crippen LogP contribution in [0, 0.1) is 6.92 Å². The van der Waals surface area contributed by atoms with Crippen LogP contribution in [0.4, 0.5) is 14.6 Å². The normalized spacial score (nSPS) is 19.6. The van der Waals surface area contributed by atoms with Crippen molar-refractivity contribution in [3.05, 3.63) is 23.9 Å². The van der Waals surface area contributed by atoms with Gasteiger partial charge in [-0.25, -0.2) is 9.78 Å². The van der Waals surface area contributed by atoms with Gasteiger partial charge < -0.3 is 9.64 Å². The highest BCUT2D eigenvalue weighted by Gasteiger charge is 2.51. The monoisotopic (exact) mass is 312 g/mol. The molecule has 6 heteroatoms. The predicted octanol–water partition coefficient (Wildman–Crippen LogP) is 3.34. The third-order valence-electron chi connectivity index (χ3n) is 3.91. The molecule has 2 rings (SSSR count). The number of ether oxygens (including phenoxy) is 1. The van der Waals surface area contributed by atoms with Gasteiger partial charge in [0.15, 0.2) is 0 Å². The number of hydrogen-bond acceptors (Lipinski definition) is 4. The molecule has 1 aromatic rings. The summed E-state index contributed by atoms with van der Waals surface area (Å²) in [4.78, 5) is 17.5. The third kappa shape index (κ3) is 3.54. The molecule has 1 fully saturated rings. The molecule has 0 aliphatic carbocycles. The Kier molecular flexibility index (Phi) is 5.32. The molecule has 1 atom stereocenters. The van der Waals surface area contributed by atoms with Gasteiger partial charge in [0.2, 0.25) is 0 Å². The lowest BCUT2D eigenvalue weighted by molar-refractivity contribution is -0.174. The van der Waals surface area contributed by atoms with Crippen molar-refractivity contribution < 1.29 is 18.3 Å². The maximum Gasteiger partial charge on any atom is 0.379 e. The van der Waals surface area contributed by atoms with Crippen LogP contribution < -0.4 is 4.90 Å². The molecule has 0 aromatic carbocycles. The van der Waals surface area contributed by atoms with Crippen LogP contribution in [0.15, 0.2) is 18.3 Å². The predicted molar refractivity (Wildman–Crippen MR) is 80.2 cm³/mol. The second kappa shape index (κ2) is 7.03. The Morgan fingerprint density at radius 2 is 2.18 bits per heavy atom. The number of nitrogens with zero attached hydrogens (tertiary/aromatic N) is 2. The maximum absolute atomic E-state index is 14.5. The number of carbonyl (C=O) groups excluding carboxylic acids is 1. The first-order valence-corrected chi connectivity index (χ1v) is 7.71. The first-order valence-electron chi connectivity index (χ1n) is 7.71. The van der Waals surface area contributed by atoms with E-state index in [2.05, 4.69) is 9.72 Å². The molecule has 0 spiro atoms. The molecule has 1 aromatic heterocycles. The third-order valence-corrected chi connectivity index (χ3v) is 3.91. The summed E-state index contributed by atoms with van der Waals surface area (Å²) in [7, 11) is 0. The Morgan fingerprint density at radius 3 is 2.82 bits per heavy atom. The minimum atomic E-state index is -3.53. The van der Waals surface area contributed by atoms with Gasteiger partial charge in [-0.3, -0.25) is 0 Å². The number of carbonyl (C=O) groups is 1. The summed E-state index contributed by atoms with van der Waals surface area (Å²) in [5, 5.41) is 0. The molecule has 0 N–H and O–H groups in total. The first kappa shape index (κ1) is 16.6. The molecular formula is C16H22F2N2O2. The second-order valence-electron chi connectivity index (χ2n) is 5.60. The number of esters is 1. The van der Waals surface area contributed by atoms with Gasteiger partial charge >= 0.3 is 11.9 Å². The zero-order valence-corrected chi connectivity index (χ0v) is 13.0. The largest absolute Gasteiger partial charge is 0.461 e. The van der Waals surface area contributed by atoms with E-state index in [0.29, 0.717) is 18.8 Å². The fraction of sp³-hybridized carbons (Fsp3) is 0.625. The van der Waals surface area contributed by atoms with E-state index < -0.39 is 17.9 Å². The zero-order valence-electron chi connectivity index (χ0n) is 13.0. The van der Waals surface area contributed by atoms with Crippen LogP contribution in [0.3, 0.4) is 0 Å². The molecule has 1 aliphatic heterocycles. The number of hydrogen-bond donors (Lipinski definition) is 0. The molecule has 1 aliphatic rings. The highest BCUT2D eigenvalue weighted by Crippen LogP contribution is 2.33. The Hall–Kier alpha value is -1.72. The lowest BCUT2D eigenvalue weighted by Gasteiger charge is -2.35. The highest BCUT2D eigenvalue weighted by molar-refractivity contribution is 5.79. The molecule has 1 saturated heterocycles. The van der Waals surface area contributed by atoms with E-state index in [4.69, 9.17) is 0 Å². The Morgan fingerprint density at radius 1 is 1.41 bits per heavy atom.